The van der Waals surface area contributed by atoms with Crippen LogP contribution in [0.25, 0.3) is 0 Å². The number of ketones is 4. The minimum atomic E-state index is -1.56. The van der Waals surface area contributed by atoms with Gasteiger partial charge in [0.05, 0.1) is 37.6 Å². The highest BCUT2D eigenvalue weighted by molar-refractivity contribution is 5.99. The van der Waals surface area contributed by atoms with Gasteiger partial charge in [0.2, 0.25) is 41.4 Å². The first-order valence-corrected chi connectivity index (χ1v) is 23.7. The number of rotatable bonds is 18. The third-order valence-corrected chi connectivity index (χ3v) is 12.7. The monoisotopic (exact) mass is 953 g/mol. The highest BCUT2D eigenvalue weighted by atomic mass is 16.3. The van der Waals surface area contributed by atoms with E-state index >= 15 is 0 Å². The van der Waals surface area contributed by atoms with Crippen LogP contribution < -0.4 is 38.5 Å². The van der Waals surface area contributed by atoms with Crippen LogP contribution in [0.1, 0.15) is 117 Å². The number of carbonyl (C=O) groups is 11. The van der Waals surface area contributed by atoms with Gasteiger partial charge in [-0.05, 0) is 81.0 Å². The Kier molecular flexibility index (Phi) is 22.9. The van der Waals surface area contributed by atoms with E-state index in [0.717, 1.165) is 0 Å². The van der Waals surface area contributed by atoms with Gasteiger partial charge in [-0.3, -0.25) is 52.7 Å². The molecule has 0 saturated carbocycles. The molecule has 0 spiro atoms. The molecule has 0 aromatic heterocycles. The Morgan fingerprint density at radius 1 is 0.868 bits per heavy atom. The maximum atomic E-state index is 14.6. The summed E-state index contributed by atoms with van der Waals surface area (Å²) in [4.78, 5) is 150. The Hall–Kier alpha value is -6.05. The Balaban J connectivity index is 2.04. The molecule has 2 saturated heterocycles. The number of nitrogens with two attached hydrogens (primary N) is 3. The van der Waals surface area contributed by atoms with Crippen molar-refractivity contribution < 1.29 is 57.8 Å². The second-order valence-corrected chi connectivity index (χ2v) is 18.8. The number of primary amides is 2. The van der Waals surface area contributed by atoms with Gasteiger partial charge in [0.25, 0.3) is 0 Å². The molecule has 20 nitrogen and oxygen atoms in total. The first-order chi connectivity index (χ1) is 32.1. The second-order valence-electron chi connectivity index (χ2n) is 18.8. The summed E-state index contributed by atoms with van der Waals surface area (Å²) >= 11 is 0. The lowest BCUT2D eigenvalue weighted by molar-refractivity contribution is -0.144. The summed E-state index contributed by atoms with van der Waals surface area (Å²) in [6.45, 7) is 6.64. The van der Waals surface area contributed by atoms with Gasteiger partial charge in [-0.2, -0.15) is 0 Å². The molecule has 68 heavy (non-hydrogen) atoms. The van der Waals surface area contributed by atoms with Crippen molar-refractivity contribution in [3.05, 3.63) is 29.8 Å². The molecule has 376 valence electrons. The molecule has 2 fully saturated rings. The number of phenols is 1. The highest BCUT2D eigenvalue weighted by Crippen LogP contribution is 2.29. The summed E-state index contributed by atoms with van der Waals surface area (Å²) in [6.07, 6.45) is -1.07. The number of likely N-dealkylation sites (tertiary alicyclic amines) is 1. The minimum Gasteiger partial charge on any atom is -0.508 e. The van der Waals surface area contributed by atoms with Crippen molar-refractivity contribution in [2.75, 3.05) is 26.2 Å². The molecule has 0 aliphatic carbocycles. The number of phenolic OH excluding ortho intramolecular Hbond substituents is 1. The highest BCUT2D eigenvalue weighted by Gasteiger charge is 2.41. The van der Waals surface area contributed by atoms with Crippen molar-refractivity contribution in [1.82, 2.24) is 26.2 Å². The standard InChI is InChI=1S/C48H72N8O12/c1-5-28(4)44-40(61)21-30(8-6-16-49)46(66)54-36(24-41(50)62)38(59)22-31(12-15-43(64)52-25-35(58)20-33(47(67)55-44)19-29-10-13-34(57)14-11-29)48(68)56-17-7-9-37(56)39(60)23-32(18-27(2)3)45(65)53-26-42(51)63/h10-11,13-14,27-28,30-33,36-37,44,57H,5-9,12,15-26,49H2,1-4H3,(H2,50,62)(H2,51,63)(H,52,64)(H,53,65)(H,54,66)(H,55,67)/t28-,30+,31+,32+,33+,36-,37-,44-/m0/s1. The topological polar surface area (TPSA) is 337 Å². The van der Waals surface area contributed by atoms with E-state index in [0.29, 0.717) is 31.2 Å². The molecular formula is C48H72N8O12. The number of nitrogens with one attached hydrogen (secondary N) is 4. The lowest BCUT2D eigenvalue weighted by atomic mass is 9.86. The SMILES string of the molecule is CC[C@H](C)[C@@H]1NC(=O)[C@H](Cc2ccc(O)cc2)CC(=O)CNC(=O)CC[C@@H](C(=O)N2CCC[C@H]2C(=O)C[C@@H](CC(C)C)C(=O)NCC(N)=O)CC(=O)[C@H](CC(N)=O)NC(=O)[C@H](CCCN)CC1=O. The lowest BCUT2D eigenvalue weighted by Gasteiger charge is -2.30. The molecule has 0 bridgehead atoms. The molecule has 0 unspecified atom stereocenters. The fourth-order valence-corrected chi connectivity index (χ4v) is 8.80. The number of Topliss-reactive ketones (excluding diaryl/α,β-unsaturated/α-hetero) is 4. The van der Waals surface area contributed by atoms with Crippen LogP contribution in [0.3, 0.4) is 0 Å². The molecule has 7 amide bonds. The normalized spacial score (nSPS) is 23.8. The van der Waals surface area contributed by atoms with E-state index in [1.807, 2.05) is 20.8 Å². The zero-order valence-corrected chi connectivity index (χ0v) is 39.9. The van der Waals surface area contributed by atoms with Crippen molar-refractivity contribution in [3.8, 4) is 5.75 Å². The molecular weight excluding hydrogens is 881 g/mol. The van der Waals surface area contributed by atoms with E-state index in [-0.39, 0.29) is 76.1 Å². The number of amides is 7. The van der Waals surface area contributed by atoms with Crippen molar-refractivity contribution in [2.24, 2.45) is 52.7 Å². The molecule has 11 N–H and O–H groups in total. The van der Waals surface area contributed by atoms with E-state index in [9.17, 15) is 57.8 Å². The summed E-state index contributed by atoms with van der Waals surface area (Å²) in [7, 11) is 0. The van der Waals surface area contributed by atoms with Crippen LogP contribution in [0.15, 0.2) is 24.3 Å². The van der Waals surface area contributed by atoms with Crippen molar-refractivity contribution in [3.63, 3.8) is 0 Å². The zero-order chi connectivity index (χ0) is 50.7. The summed E-state index contributed by atoms with van der Waals surface area (Å²) in [6, 6.07) is 2.40. The number of benzene rings is 1. The summed E-state index contributed by atoms with van der Waals surface area (Å²) < 4.78 is 0. The van der Waals surface area contributed by atoms with Crippen molar-refractivity contribution >= 4 is 64.5 Å². The average Bonchev–Trinajstić information content (AvgIpc) is 3.78. The summed E-state index contributed by atoms with van der Waals surface area (Å²) in [5, 5.41) is 20.3. The first-order valence-electron chi connectivity index (χ1n) is 23.7. The van der Waals surface area contributed by atoms with Gasteiger partial charge in [-0.15, -0.1) is 0 Å². The largest absolute Gasteiger partial charge is 0.508 e. The van der Waals surface area contributed by atoms with E-state index in [1.54, 1.807) is 19.1 Å². The third-order valence-electron chi connectivity index (χ3n) is 12.7. The molecule has 0 radical (unpaired) electrons. The van der Waals surface area contributed by atoms with Crippen LogP contribution in [0.4, 0.5) is 0 Å². The quantitative estimate of drug-likeness (QED) is 0.0990. The number of hydrogen-bond donors (Lipinski definition) is 8. The van der Waals surface area contributed by atoms with Gasteiger partial charge in [-0.25, -0.2) is 0 Å². The molecule has 2 aliphatic rings. The summed E-state index contributed by atoms with van der Waals surface area (Å²) in [5.41, 5.74) is 17.2. The van der Waals surface area contributed by atoms with Crippen LogP contribution in [-0.4, -0.2) is 119 Å². The van der Waals surface area contributed by atoms with Gasteiger partial charge >= 0.3 is 0 Å². The van der Waals surface area contributed by atoms with Crippen molar-refractivity contribution in [2.45, 2.75) is 136 Å². The smallest absolute Gasteiger partial charge is 0.236 e. The fraction of sp³-hybridized carbons (Fsp3) is 0.646. The minimum absolute atomic E-state index is 0.0114. The molecule has 3 rings (SSSR count). The maximum Gasteiger partial charge on any atom is 0.236 e. The lowest BCUT2D eigenvalue weighted by Crippen LogP contribution is -2.50. The van der Waals surface area contributed by atoms with Crippen LogP contribution in [0, 0.1) is 35.5 Å². The fourth-order valence-electron chi connectivity index (χ4n) is 8.80. The van der Waals surface area contributed by atoms with Gasteiger partial charge in [-0.1, -0.05) is 46.2 Å². The number of aromatic hydroxyl groups is 1. The molecule has 1 aromatic rings. The van der Waals surface area contributed by atoms with E-state index in [1.165, 1.54) is 17.0 Å². The Morgan fingerprint density at radius 3 is 2.16 bits per heavy atom. The number of hydrogen-bond acceptors (Lipinski definition) is 13. The number of carbonyl (C=O) groups excluding carboxylic acids is 11. The van der Waals surface area contributed by atoms with E-state index in [2.05, 4.69) is 21.3 Å². The van der Waals surface area contributed by atoms with Gasteiger partial charge < -0.3 is 48.5 Å². The molecule has 2 aliphatic heterocycles. The summed E-state index contributed by atoms with van der Waals surface area (Å²) in [5.74, 6) is -11.9. The van der Waals surface area contributed by atoms with Gasteiger partial charge in [0.1, 0.15) is 5.75 Å². The van der Waals surface area contributed by atoms with Crippen LogP contribution >= 0.6 is 0 Å². The molecule has 20 heteroatoms. The van der Waals surface area contributed by atoms with Crippen LogP contribution in [0.2, 0.25) is 0 Å². The van der Waals surface area contributed by atoms with Crippen molar-refractivity contribution in [1.29, 1.82) is 0 Å². The third kappa shape index (κ3) is 18.2. The van der Waals surface area contributed by atoms with E-state index < -0.39 is 138 Å². The predicted octanol–water partition coefficient (Wildman–Crippen LogP) is 0.415. The van der Waals surface area contributed by atoms with E-state index in [4.69, 9.17) is 17.2 Å². The zero-order valence-electron chi connectivity index (χ0n) is 39.9. The maximum absolute atomic E-state index is 14.6. The number of nitrogens with zero attached hydrogens (tertiary/aromatic N) is 1. The molecule has 1 aromatic carbocycles. The van der Waals surface area contributed by atoms with Gasteiger partial charge in [0, 0.05) is 62.3 Å². The van der Waals surface area contributed by atoms with Gasteiger partial charge in [0.15, 0.2) is 23.1 Å². The van der Waals surface area contributed by atoms with Crippen LogP contribution in [-0.2, 0) is 59.2 Å². The Labute approximate surface area is 397 Å². The molecule has 2 heterocycles. The first kappa shape index (κ1) is 56.3. The average molecular weight is 953 g/mol. The predicted molar refractivity (Wildman–Crippen MR) is 248 cm³/mol. The second kappa shape index (κ2) is 27.7. The Morgan fingerprint density at radius 2 is 1.54 bits per heavy atom. The molecule has 8 atom stereocenters. The van der Waals surface area contributed by atoms with Crippen LogP contribution in [0.5, 0.6) is 5.75 Å². The Bertz CT molecular complexity index is 1990.